The standard InChI is InChI=1S/C20H28N2O2/c1-4-18(23)22-11-9-20(10-12-22)14-15(13-19(24)21(2)3)16-7-5-6-8-17(16)20/h5-8,15H,4,9-14H2,1-3H3. The van der Waals surface area contributed by atoms with Crippen LogP contribution in [0.2, 0.25) is 0 Å². The highest BCUT2D eigenvalue weighted by atomic mass is 16.2. The number of hydrogen-bond donors (Lipinski definition) is 0. The number of rotatable bonds is 3. The van der Waals surface area contributed by atoms with Crippen molar-refractivity contribution in [3.63, 3.8) is 0 Å². The second-order valence-electron chi connectivity index (χ2n) is 7.50. The predicted molar refractivity (Wildman–Crippen MR) is 94.9 cm³/mol. The number of fused-ring (bicyclic) bond motifs is 2. The number of amides is 2. The molecule has 0 bridgehead atoms. The van der Waals surface area contributed by atoms with E-state index in [1.165, 1.54) is 11.1 Å². The van der Waals surface area contributed by atoms with Crippen molar-refractivity contribution in [3.05, 3.63) is 35.4 Å². The Bertz CT molecular complexity index is 630. The van der Waals surface area contributed by atoms with Crippen LogP contribution >= 0.6 is 0 Å². The van der Waals surface area contributed by atoms with Crippen molar-refractivity contribution in [2.45, 2.75) is 50.4 Å². The molecule has 1 spiro atoms. The third-order valence-electron chi connectivity index (χ3n) is 5.90. The third kappa shape index (κ3) is 2.94. The Kier molecular flexibility index (Phi) is 4.66. The largest absolute Gasteiger partial charge is 0.349 e. The Morgan fingerprint density at radius 1 is 1.21 bits per heavy atom. The van der Waals surface area contributed by atoms with E-state index >= 15 is 0 Å². The first-order valence-electron chi connectivity index (χ1n) is 9.04. The monoisotopic (exact) mass is 328 g/mol. The summed E-state index contributed by atoms with van der Waals surface area (Å²) in [5, 5.41) is 0. The molecule has 130 valence electrons. The molecule has 4 nitrogen and oxygen atoms in total. The van der Waals surface area contributed by atoms with E-state index in [0.717, 1.165) is 32.4 Å². The van der Waals surface area contributed by atoms with Crippen LogP contribution in [0, 0.1) is 0 Å². The summed E-state index contributed by atoms with van der Waals surface area (Å²) < 4.78 is 0. The number of nitrogens with zero attached hydrogens (tertiary/aromatic N) is 2. The van der Waals surface area contributed by atoms with Crippen LogP contribution in [0.1, 0.15) is 56.1 Å². The summed E-state index contributed by atoms with van der Waals surface area (Å²) in [6.45, 7) is 3.62. The van der Waals surface area contributed by atoms with Crippen molar-refractivity contribution in [3.8, 4) is 0 Å². The quantitative estimate of drug-likeness (QED) is 0.856. The minimum absolute atomic E-state index is 0.151. The molecule has 1 unspecified atom stereocenters. The Hall–Kier alpha value is -1.84. The van der Waals surface area contributed by atoms with E-state index in [9.17, 15) is 9.59 Å². The lowest BCUT2D eigenvalue weighted by molar-refractivity contribution is -0.132. The van der Waals surface area contributed by atoms with Crippen LogP contribution in [-0.2, 0) is 15.0 Å². The molecule has 0 N–H and O–H groups in total. The molecule has 0 saturated carbocycles. The van der Waals surface area contributed by atoms with E-state index < -0.39 is 0 Å². The lowest BCUT2D eigenvalue weighted by atomic mass is 9.73. The number of carbonyl (C=O) groups is 2. The topological polar surface area (TPSA) is 40.6 Å². The van der Waals surface area contributed by atoms with Crippen molar-refractivity contribution in [2.75, 3.05) is 27.2 Å². The summed E-state index contributed by atoms with van der Waals surface area (Å²) in [5.74, 6) is 0.769. The van der Waals surface area contributed by atoms with Gasteiger partial charge in [-0.3, -0.25) is 9.59 Å². The summed E-state index contributed by atoms with van der Waals surface area (Å²) in [4.78, 5) is 27.9. The van der Waals surface area contributed by atoms with Crippen LogP contribution in [0.15, 0.2) is 24.3 Å². The Morgan fingerprint density at radius 3 is 2.50 bits per heavy atom. The molecule has 1 atom stereocenters. The normalized spacial score (nSPS) is 21.6. The van der Waals surface area contributed by atoms with Crippen molar-refractivity contribution in [1.82, 2.24) is 9.80 Å². The smallest absolute Gasteiger partial charge is 0.222 e. The van der Waals surface area contributed by atoms with Gasteiger partial charge in [0.05, 0.1) is 0 Å². The fraction of sp³-hybridized carbons (Fsp3) is 0.600. The van der Waals surface area contributed by atoms with Gasteiger partial charge in [-0.2, -0.15) is 0 Å². The first-order valence-corrected chi connectivity index (χ1v) is 9.04. The minimum atomic E-state index is 0.151. The molecule has 1 aliphatic carbocycles. The number of piperidine rings is 1. The average Bonchev–Trinajstić information content (AvgIpc) is 2.89. The molecule has 1 saturated heterocycles. The maximum Gasteiger partial charge on any atom is 0.222 e. The molecule has 1 aliphatic heterocycles. The molecule has 2 aliphatic rings. The summed E-state index contributed by atoms with van der Waals surface area (Å²) >= 11 is 0. The van der Waals surface area contributed by atoms with Gasteiger partial charge in [0.15, 0.2) is 0 Å². The van der Waals surface area contributed by atoms with Crippen molar-refractivity contribution in [1.29, 1.82) is 0 Å². The molecule has 24 heavy (non-hydrogen) atoms. The third-order valence-corrected chi connectivity index (χ3v) is 5.90. The van der Waals surface area contributed by atoms with Gasteiger partial charge in [-0.1, -0.05) is 31.2 Å². The van der Waals surface area contributed by atoms with Gasteiger partial charge in [0.1, 0.15) is 0 Å². The Balaban J connectivity index is 1.81. The highest BCUT2D eigenvalue weighted by Crippen LogP contribution is 2.52. The highest BCUT2D eigenvalue weighted by Gasteiger charge is 2.46. The van der Waals surface area contributed by atoms with Gasteiger partial charge < -0.3 is 9.80 Å². The van der Waals surface area contributed by atoms with Crippen molar-refractivity contribution in [2.24, 2.45) is 0 Å². The lowest BCUT2D eigenvalue weighted by Gasteiger charge is -2.40. The van der Waals surface area contributed by atoms with Crippen molar-refractivity contribution >= 4 is 11.8 Å². The molecule has 0 radical (unpaired) electrons. The van der Waals surface area contributed by atoms with E-state index in [-0.39, 0.29) is 17.2 Å². The van der Waals surface area contributed by atoms with Crippen LogP contribution in [0.3, 0.4) is 0 Å². The number of benzene rings is 1. The van der Waals surface area contributed by atoms with Gasteiger partial charge in [-0.05, 0) is 41.7 Å². The van der Waals surface area contributed by atoms with Gasteiger partial charge in [0, 0.05) is 40.0 Å². The second kappa shape index (κ2) is 6.58. The van der Waals surface area contributed by atoms with E-state index in [4.69, 9.17) is 0 Å². The summed E-state index contributed by atoms with van der Waals surface area (Å²) in [5.41, 5.74) is 2.92. The number of likely N-dealkylation sites (tertiary alicyclic amines) is 1. The second-order valence-corrected chi connectivity index (χ2v) is 7.50. The zero-order valence-electron chi connectivity index (χ0n) is 15.0. The molecular formula is C20H28N2O2. The van der Waals surface area contributed by atoms with Gasteiger partial charge >= 0.3 is 0 Å². The molecule has 1 heterocycles. The zero-order valence-corrected chi connectivity index (χ0v) is 15.0. The van der Waals surface area contributed by atoms with E-state index in [1.54, 1.807) is 4.90 Å². The molecule has 0 aromatic heterocycles. The van der Waals surface area contributed by atoms with Crippen LogP contribution in [0.4, 0.5) is 0 Å². The zero-order chi connectivity index (χ0) is 17.3. The van der Waals surface area contributed by atoms with E-state index in [2.05, 4.69) is 24.3 Å². The first kappa shape index (κ1) is 17.0. The van der Waals surface area contributed by atoms with Crippen LogP contribution < -0.4 is 0 Å². The molecule has 3 rings (SSSR count). The molecule has 1 aromatic carbocycles. The summed E-state index contributed by atoms with van der Waals surface area (Å²) in [6.07, 6.45) is 4.25. The van der Waals surface area contributed by atoms with Crippen molar-refractivity contribution < 1.29 is 9.59 Å². The Labute approximate surface area is 144 Å². The molecule has 4 heteroatoms. The number of carbonyl (C=O) groups excluding carboxylic acids is 2. The average molecular weight is 328 g/mol. The minimum Gasteiger partial charge on any atom is -0.349 e. The maximum absolute atomic E-state index is 12.2. The van der Waals surface area contributed by atoms with Gasteiger partial charge in [-0.25, -0.2) is 0 Å². The van der Waals surface area contributed by atoms with Gasteiger partial charge in [0.25, 0.3) is 0 Å². The summed E-state index contributed by atoms with van der Waals surface area (Å²) in [7, 11) is 3.65. The highest BCUT2D eigenvalue weighted by molar-refractivity contribution is 5.77. The predicted octanol–water partition coefficient (Wildman–Crippen LogP) is 2.92. The molecule has 1 aromatic rings. The van der Waals surface area contributed by atoms with Gasteiger partial charge in [0.2, 0.25) is 11.8 Å². The molecular weight excluding hydrogens is 300 g/mol. The molecule has 2 amide bonds. The number of hydrogen-bond acceptors (Lipinski definition) is 2. The van der Waals surface area contributed by atoms with Gasteiger partial charge in [-0.15, -0.1) is 0 Å². The fourth-order valence-corrected chi connectivity index (χ4v) is 4.48. The maximum atomic E-state index is 12.2. The summed E-state index contributed by atoms with van der Waals surface area (Å²) in [6, 6.07) is 8.63. The SMILES string of the molecule is CCC(=O)N1CCC2(CC1)CC(CC(=O)N(C)C)c1ccccc12. The van der Waals surface area contributed by atoms with E-state index in [1.807, 2.05) is 25.9 Å². The van der Waals surface area contributed by atoms with Crippen LogP contribution in [0.25, 0.3) is 0 Å². The van der Waals surface area contributed by atoms with Crippen LogP contribution in [-0.4, -0.2) is 48.8 Å². The van der Waals surface area contributed by atoms with Crippen LogP contribution in [0.5, 0.6) is 0 Å². The lowest BCUT2D eigenvalue weighted by Crippen LogP contribution is -2.44. The first-order chi connectivity index (χ1) is 11.5. The fourth-order valence-electron chi connectivity index (χ4n) is 4.48. The van der Waals surface area contributed by atoms with E-state index in [0.29, 0.717) is 18.8 Å². The molecule has 1 fully saturated rings. The Morgan fingerprint density at radius 2 is 1.88 bits per heavy atom.